The number of aldehydes is 1. The Morgan fingerprint density at radius 2 is 2.15 bits per heavy atom. The zero-order chi connectivity index (χ0) is 9.14. The van der Waals surface area contributed by atoms with Crippen LogP contribution in [0.4, 0.5) is 0 Å². The second kappa shape index (κ2) is 5.60. The fourth-order valence-electron chi connectivity index (χ4n) is 0.868. The van der Waals surface area contributed by atoms with Gasteiger partial charge in [0, 0.05) is 16.0 Å². The summed E-state index contributed by atoms with van der Waals surface area (Å²) in [5.74, 6) is -0.0496. The molecule has 0 atom stereocenters. The number of carbonyl (C=O) groups is 2. The van der Waals surface area contributed by atoms with Crippen LogP contribution < -0.4 is 29.6 Å². The van der Waals surface area contributed by atoms with E-state index < -0.39 is 0 Å². The first-order valence-corrected chi connectivity index (χ1v) is 3.89. The molecule has 0 saturated heterocycles. The fraction of sp³-hybridized carbons (Fsp3) is 0.111. The van der Waals surface area contributed by atoms with E-state index in [4.69, 9.17) is 0 Å². The van der Waals surface area contributed by atoms with Gasteiger partial charge in [-0.2, -0.15) is 0 Å². The molecule has 0 unspecified atom stereocenters. The molecule has 1 rings (SSSR count). The normalized spacial score (nSPS) is 8.77. The van der Waals surface area contributed by atoms with Gasteiger partial charge in [0.05, 0.1) is 0 Å². The van der Waals surface area contributed by atoms with E-state index in [2.05, 4.69) is 12.6 Å². The molecule has 0 saturated carbocycles. The molecule has 0 aromatic heterocycles. The van der Waals surface area contributed by atoms with Crippen LogP contribution in [0.3, 0.4) is 0 Å². The van der Waals surface area contributed by atoms with Crippen molar-refractivity contribution >= 4 is 24.7 Å². The number of rotatable bonds is 2. The van der Waals surface area contributed by atoms with Crippen LogP contribution in [0.1, 0.15) is 29.1 Å². The second-order valence-corrected chi connectivity index (χ2v) is 2.93. The number of hydrogen-bond acceptors (Lipinski definition) is 3. The molecule has 0 bridgehead atoms. The van der Waals surface area contributed by atoms with Crippen molar-refractivity contribution in [3.8, 4) is 0 Å². The van der Waals surface area contributed by atoms with E-state index >= 15 is 0 Å². The van der Waals surface area contributed by atoms with E-state index in [1.807, 2.05) is 0 Å². The maximum absolute atomic E-state index is 10.9. The Morgan fingerprint density at radius 3 is 2.62 bits per heavy atom. The molecule has 1 aromatic carbocycles. The van der Waals surface area contributed by atoms with E-state index in [9.17, 15) is 9.59 Å². The van der Waals surface area contributed by atoms with Gasteiger partial charge in [-0.1, -0.05) is 6.07 Å². The summed E-state index contributed by atoms with van der Waals surface area (Å²) in [7, 11) is 0. The molecular weight excluding hydrogens is 195 g/mol. The van der Waals surface area contributed by atoms with Gasteiger partial charge in [-0.05, 0) is 19.1 Å². The van der Waals surface area contributed by atoms with Gasteiger partial charge >= 0.3 is 29.6 Å². The Bertz CT molecular complexity index is 342. The average Bonchev–Trinajstić information content (AvgIpc) is 2.05. The fourth-order valence-corrected chi connectivity index (χ4v) is 1.06. The standard InChI is InChI=1S/C9H8O2S.Na.H/c1-6(11)7-2-3-9(12)8(4-7)5-10;;/h2-5,12H,1H3;;/q;+1;-1. The molecule has 4 heteroatoms. The summed E-state index contributed by atoms with van der Waals surface area (Å²) in [6.07, 6.45) is 0.689. The molecule has 0 radical (unpaired) electrons. The van der Waals surface area contributed by atoms with Crippen molar-refractivity contribution in [1.82, 2.24) is 0 Å². The molecule has 13 heavy (non-hydrogen) atoms. The predicted octanol–water partition coefficient (Wildman–Crippen LogP) is -0.893. The maximum atomic E-state index is 10.9. The van der Waals surface area contributed by atoms with Gasteiger partial charge in [-0.25, -0.2) is 0 Å². The summed E-state index contributed by atoms with van der Waals surface area (Å²) in [6, 6.07) is 4.83. The molecule has 2 nitrogen and oxygen atoms in total. The first-order chi connectivity index (χ1) is 5.65. The minimum absolute atomic E-state index is 0. The number of hydrogen-bond donors (Lipinski definition) is 1. The van der Waals surface area contributed by atoms with Crippen molar-refractivity contribution in [2.75, 3.05) is 0 Å². The van der Waals surface area contributed by atoms with Gasteiger partial charge in [0.15, 0.2) is 12.1 Å². The number of thiol groups is 1. The zero-order valence-electron chi connectivity index (χ0n) is 8.57. The van der Waals surface area contributed by atoms with Crippen LogP contribution in [-0.4, -0.2) is 12.1 Å². The SMILES string of the molecule is CC(=O)c1ccc(S)c(C=O)c1.[H-].[Na+]. The Balaban J connectivity index is 0. The molecule has 0 N–H and O–H groups in total. The average molecular weight is 204 g/mol. The number of ketones is 1. The number of carbonyl (C=O) groups excluding carboxylic acids is 2. The Labute approximate surface area is 106 Å². The van der Waals surface area contributed by atoms with Crippen LogP contribution in [0.25, 0.3) is 0 Å². The largest absolute Gasteiger partial charge is 1.00 e. The van der Waals surface area contributed by atoms with Crippen LogP contribution in [0.5, 0.6) is 0 Å². The van der Waals surface area contributed by atoms with Crippen molar-refractivity contribution in [2.24, 2.45) is 0 Å². The first kappa shape index (κ1) is 12.9. The van der Waals surface area contributed by atoms with Gasteiger partial charge < -0.3 is 1.43 Å². The van der Waals surface area contributed by atoms with Crippen molar-refractivity contribution in [3.05, 3.63) is 29.3 Å². The summed E-state index contributed by atoms with van der Waals surface area (Å²) in [5, 5.41) is 0. The Morgan fingerprint density at radius 1 is 1.54 bits per heavy atom. The van der Waals surface area contributed by atoms with Gasteiger partial charge in [-0.3, -0.25) is 9.59 Å². The maximum Gasteiger partial charge on any atom is 1.00 e. The van der Waals surface area contributed by atoms with E-state index in [0.717, 1.165) is 0 Å². The minimum atomic E-state index is -0.0496. The topological polar surface area (TPSA) is 34.1 Å². The van der Waals surface area contributed by atoms with Gasteiger partial charge in [0.25, 0.3) is 0 Å². The summed E-state index contributed by atoms with van der Waals surface area (Å²) < 4.78 is 0. The second-order valence-electron chi connectivity index (χ2n) is 2.45. The minimum Gasteiger partial charge on any atom is -1.00 e. The Kier molecular flexibility index (Phi) is 5.56. The molecular formula is C9H9NaO2S. The molecule has 0 aliphatic rings. The van der Waals surface area contributed by atoms with E-state index in [1.54, 1.807) is 12.1 Å². The third-order valence-electron chi connectivity index (χ3n) is 1.56. The molecule has 0 spiro atoms. The molecule has 0 heterocycles. The molecule has 64 valence electrons. The van der Waals surface area contributed by atoms with E-state index in [-0.39, 0.29) is 36.8 Å². The quantitative estimate of drug-likeness (QED) is 0.293. The van der Waals surface area contributed by atoms with Crippen LogP contribution in [0.2, 0.25) is 0 Å². The third-order valence-corrected chi connectivity index (χ3v) is 1.97. The van der Waals surface area contributed by atoms with E-state index in [0.29, 0.717) is 22.3 Å². The van der Waals surface area contributed by atoms with Crippen LogP contribution in [0, 0.1) is 0 Å². The van der Waals surface area contributed by atoms with Crippen LogP contribution in [-0.2, 0) is 0 Å². The third kappa shape index (κ3) is 3.27. The molecule has 0 amide bonds. The van der Waals surface area contributed by atoms with Gasteiger partial charge in [0.1, 0.15) is 0 Å². The van der Waals surface area contributed by atoms with Crippen molar-refractivity contribution in [2.45, 2.75) is 11.8 Å². The zero-order valence-corrected chi connectivity index (χ0v) is 10.5. The predicted molar refractivity (Wildman–Crippen MR) is 50.2 cm³/mol. The number of Topliss-reactive ketones (excluding diaryl/α,β-unsaturated/α-hetero) is 1. The Hall–Kier alpha value is -0.0900. The summed E-state index contributed by atoms with van der Waals surface area (Å²) >= 11 is 4.05. The van der Waals surface area contributed by atoms with Crippen molar-refractivity contribution < 1.29 is 40.6 Å². The first-order valence-electron chi connectivity index (χ1n) is 3.44. The van der Waals surface area contributed by atoms with Gasteiger partial charge in [0.2, 0.25) is 0 Å². The molecule has 1 aromatic rings. The van der Waals surface area contributed by atoms with Crippen molar-refractivity contribution in [1.29, 1.82) is 0 Å². The van der Waals surface area contributed by atoms with Crippen LogP contribution in [0.15, 0.2) is 23.1 Å². The molecule has 0 aliphatic heterocycles. The van der Waals surface area contributed by atoms with Crippen molar-refractivity contribution in [3.63, 3.8) is 0 Å². The number of benzene rings is 1. The summed E-state index contributed by atoms with van der Waals surface area (Å²) in [5.41, 5.74) is 0.987. The molecule has 0 fully saturated rings. The van der Waals surface area contributed by atoms with Crippen LogP contribution >= 0.6 is 12.6 Å². The molecule has 0 aliphatic carbocycles. The smallest absolute Gasteiger partial charge is 1.00 e. The van der Waals surface area contributed by atoms with Gasteiger partial charge in [-0.15, -0.1) is 12.6 Å². The van der Waals surface area contributed by atoms with E-state index in [1.165, 1.54) is 13.0 Å². The summed E-state index contributed by atoms with van der Waals surface area (Å²) in [6.45, 7) is 1.46. The summed E-state index contributed by atoms with van der Waals surface area (Å²) in [4.78, 5) is 21.9. The monoisotopic (exact) mass is 204 g/mol.